The standard InChI is InChI=1S/C11H13ClO3/c1-7-3-4-8(2)10(5-7)15-6-9(12)11(13)14/h3-5,9H,6H2,1-2H3,(H,13,14). The minimum absolute atomic E-state index is 0.0266. The molecule has 0 amide bonds. The molecule has 0 heterocycles. The van der Waals surface area contributed by atoms with Gasteiger partial charge in [0.1, 0.15) is 12.4 Å². The first-order valence-electron chi connectivity index (χ1n) is 4.57. The number of ether oxygens (including phenoxy) is 1. The van der Waals surface area contributed by atoms with Crippen LogP contribution in [0.1, 0.15) is 11.1 Å². The zero-order valence-electron chi connectivity index (χ0n) is 8.66. The molecule has 0 radical (unpaired) electrons. The molecule has 0 aromatic heterocycles. The Morgan fingerprint density at radius 1 is 1.53 bits per heavy atom. The van der Waals surface area contributed by atoms with Gasteiger partial charge in [0.05, 0.1) is 0 Å². The van der Waals surface area contributed by atoms with Gasteiger partial charge in [0.15, 0.2) is 5.38 Å². The van der Waals surface area contributed by atoms with E-state index in [1.807, 2.05) is 32.0 Å². The molecule has 0 bridgehead atoms. The number of rotatable bonds is 4. The summed E-state index contributed by atoms with van der Waals surface area (Å²) in [6.45, 7) is 3.82. The molecular formula is C11H13ClO3. The monoisotopic (exact) mass is 228 g/mol. The zero-order chi connectivity index (χ0) is 11.4. The predicted octanol–water partition coefficient (Wildman–Crippen LogP) is 2.37. The van der Waals surface area contributed by atoms with Crippen LogP contribution in [0, 0.1) is 13.8 Å². The number of benzene rings is 1. The first-order chi connectivity index (χ1) is 7.00. The number of hydrogen-bond donors (Lipinski definition) is 1. The van der Waals surface area contributed by atoms with Crippen LogP contribution in [0.25, 0.3) is 0 Å². The largest absolute Gasteiger partial charge is 0.491 e. The number of aliphatic carboxylic acids is 1. The van der Waals surface area contributed by atoms with Gasteiger partial charge in [0.25, 0.3) is 0 Å². The zero-order valence-corrected chi connectivity index (χ0v) is 9.41. The van der Waals surface area contributed by atoms with Gasteiger partial charge in [0, 0.05) is 0 Å². The van der Waals surface area contributed by atoms with Crippen molar-refractivity contribution in [3.63, 3.8) is 0 Å². The van der Waals surface area contributed by atoms with Crippen LogP contribution < -0.4 is 4.74 Å². The summed E-state index contributed by atoms with van der Waals surface area (Å²) in [5.41, 5.74) is 2.03. The van der Waals surface area contributed by atoms with Gasteiger partial charge in [-0.05, 0) is 31.0 Å². The summed E-state index contributed by atoms with van der Waals surface area (Å²) in [5.74, 6) is -0.385. The Balaban J connectivity index is 2.65. The number of carbonyl (C=O) groups is 1. The SMILES string of the molecule is Cc1ccc(C)c(OCC(Cl)C(=O)O)c1. The van der Waals surface area contributed by atoms with Crippen molar-refractivity contribution >= 4 is 17.6 Å². The second-order valence-corrected chi connectivity index (χ2v) is 3.91. The number of hydrogen-bond acceptors (Lipinski definition) is 2. The molecule has 1 atom stereocenters. The Morgan fingerprint density at radius 2 is 2.20 bits per heavy atom. The molecule has 82 valence electrons. The number of aryl methyl sites for hydroxylation is 2. The average molecular weight is 229 g/mol. The van der Waals surface area contributed by atoms with Gasteiger partial charge in [-0.1, -0.05) is 12.1 Å². The van der Waals surface area contributed by atoms with Gasteiger partial charge in [-0.2, -0.15) is 0 Å². The van der Waals surface area contributed by atoms with Crippen molar-refractivity contribution in [3.05, 3.63) is 29.3 Å². The van der Waals surface area contributed by atoms with Crippen LogP contribution in [0.4, 0.5) is 0 Å². The van der Waals surface area contributed by atoms with Crippen LogP contribution >= 0.6 is 11.6 Å². The molecule has 0 aliphatic carbocycles. The summed E-state index contributed by atoms with van der Waals surface area (Å²) < 4.78 is 5.33. The van der Waals surface area contributed by atoms with E-state index < -0.39 is 11.3 Å². The fourth-order valence-corrected chi connectivity index (χ4v) is 1.16. The predicted molar refractivity (Wildman–Crippen MR) is 58.7 cm³/mol. The van der Waals surface area contributed by atoms with Gasteiger partial charge in [-0.25, -0.2) is 0 Å². The minimum Gasteiger partial charge on any atom is -0.491 e. The van der Waals surface area contributed by atoms with Gasteiger partial charge in [0.2, 0.25) is 0 Å². The Morgan fingerprint density at radius 3 is 2.80 bits per heavy atom. The maximum atomic E-state index is 10.5. The molecule has 15 heavy (non-hydrogen) atoms. The molecule has 0 aliphatic rings. The summed E-state index contributed by atoms with van der Waals surface area (Å²) in [5, 5.41) is 7.56. The van der Waals surface area contributed by atoms with Crippen LogP contribution in [0.5, 0.6) is 5.75 Å². The third-order valence-corrected chi connectivity index (χ3v) is 2.31. The Bertz CT molecular complexity index is 363. The molecule has 3 nitrogen and oxygen atoms in total. The maximum absolute atomic E-state index is 10.5. The summed E-state index contributed by atoms with van der Waals surface area (Å²) in [6, 6.07) is 5.76. The molecule has 0 spiro atoms. The highest BCUT2D eigenvalue weighted by molar-refractivity contribution is 6.29. The summed E-state index contributed by atoms with van der Waals surface area (Å²) >= 11 is 5.53. The van der Waals surface area contributed by atoms with Crippen molar-refractivity contribution < 1.29 is 14.6 Å². The Kier molecular flexibility index (Phi) is 3.97. The highest BCUT2D eigenvalue weighted by Gasteiger charge is 2.14. The average Bonchev–Trinajstić information content (AvgIpc) is 2.18. The number of carboxylic acid groups (broad SMARTS) is 1. The molecule has 0 saturated carbocycles. The number of carboxylic acids is 1. The Hall–Kier alpha value is -1.22. The molecule has 4 heteroatoms. The van der Waals surface area contributed by atoms with E-state index in [0.717, 1.165) is 11.1 Å². The van der Waals surface area contributed by atoms with Crippen molar-refractivity contribution in [1.82, 2.24) is 0 Å². The summed E-state index contributed by atoms with van der Waals surface area (Å²) in [4.78, 5) is 10.5. The van der Waals surface area contributed by atoms with E-state index in [1.54, 1.807) is 0 Å². The van der Waals surface area contributed by atoms with Crippen molar-refractivity contribution in [2.75, 3.05) is 6.61 Å². The van der Waals surface area contributed by atoms with Crippen LogP contribution in [-0.4, -0.2) is 23.1 Å². The van der Waals surface area contributed by atoms with Crippen LogP contribution in [-0.2, 0) is 4.79 Å². The fourth-order valence-electron chi connectivity index (χ4n) is 1.10. The molecule has 0 fully saturated rings. The van der Waals surface area contributed by atoms with E-state index in [4.69, 9.17) is 21.4 Å². The lowest BCUT2D eigenvalue weighted by Gasteiger charge is -2.11. The second-order valence-electron chi connectivity index (χ2n) is 3.39. The molecule has 1 rings (SSSR count). The smallest absolute Gasteiger partial charge is 0.325 e. The van der Waals surface area contributed by atoms with Gasteiger partial charge in [-0.3, -0.25) is 4.79 Å². The van der Waals surface area contributed by atoms with Crippen molar-refractivity contribution in [3.8, 4) is 5.75 Å². The van der Waals surface area contributed by atoms with E-state index in [0.29, 0.717) is 5.75 Å². The Labute approximate surface area is 93.6 Å². The summed E-state index contributed by atoms with van der Waals surface area (Å²) in [6.07, 6.45) is 0. The maximum Gasteiger partial charge on any atom is 0.325 e. The number of halogens is 1. The molecule has 0 saturated heterocycles. The van der Waals surface area contributed by atoms with E-state index in [-0.39, 0.29) is 6.61 Å². The third kappa shape index (κ3) is 3.44. The highest BCUT2D eigenvalue weighted by Crippen LogP contribution is 2.19. The normalized spacial score (nSPS) is 12.2. The molecule has 1 aromatic carbocycles. The minimum atomic E-state index is -1.07. The molecule has 1 N–H and O–H groups in total. The number of alkyl halides is 1. The van der Waals surface area contributed by atoms with E-state index in [9.17, 15) is 4.79 Å². The van der Waals surface area contributed by atoms with Gasteiger partial charge in [-0.15, -0.1) is 11.6 Å². The van der Waals surface area contributed by atoms with Gasteiger partial charge >= 0.3 is 5.97 Å². The lowest BCUT2D eigenvalue weighted by molar-refractivity contribution is -0.137. The van der Waals surface area contributed by atoms with Crippen molar-refractivity contribution in [1.29, 1.82) is 0 Å². The quantitative estimate of drug-likeness (QED) is 0.805. The van der Waals surface area contributed by atoms with E-state index in [2.05, 4.69) is 0 Å². The van der Waals surface area contributed by atoms with E-state index in [1.165, 1.54) is 0 Å². The van der Waals surface area contributed by atoms with Crippen LogP contribution in [0.3, 0.4) is 0 Å². The lowest BCUT2D eigenvalue weighted by atomic mass is 10.1. The highest BCUT2D eigenvalue weighted by atomic mass is 35.5. The first kappa shape index (κ1) is 11.9. The van der Waals surface area contributed by atoms with Gasteiger partial charge < -0.3 is 9.84 Å². The summed E-state index contributed by atoms with van der Waals surface area (Å²) in [7, 11) is 0. The lowest BCUT2D eigenvalue weighted by Crippen LogP contribution is -2.21. The van der Waals surface area contributed by atoms with Crippen molar-refractivity contribution in [2.45, 2.75) is 19.2 Å². The molecule has 1 unspecified atom stereocenters. The molecular weight excluding hydrogens is 216 g/mol. The molecule has 1 aromatic rings. The van der Waals surface area contributed by atoms with Crippen molar-refractivity contribution in [2.24, 2.45) is 0 Å². The second kappa shape index (κ2) is 5.03. The van der Waals surface area contributed by atoms with Crippen LogP contribution in [0.15, 0.2) is 18.2 Å². The van der Waals surface area contributed by atoms with Crippen LogP contribution in [0.2, 0.25) is 0 Å². The molecule has 0 aliphatic heterocycles. The fraction of sp³-hybridized carbons (Fsp3) is 0.364. The third-order valence-electron chi connectivity index (χ3n) is 2.00. The first-order valence-corrected chi connectivity index (χ1v) is 5.01. The topological polar surface area (TPSA) is 46.5 Å². The van der Waals surface area contributed by atoms with E-state index >= 15 is 0 Å².